The van der Waals surface area contributed by atoms with Crippen LogP contribution < -0.4 is 10.6 Å². The van der Waals surface area contributed by atoms with E-state index in [1.807, 2.05) is 0 Å². The normalized spacial score (nSPS) is 23.2. The second-order valence-electron chi connectivity index (χ2n) is 6.97. The van der Waals surface area contributed by atoms with E-state index in [2.05, 4.69) is 15.6 Å². The number of rotatable bonds is 5. The number of aryl methyl sites for hydroxylation is 1. The van der Waals surface area contributed by atoms with Gasteiger partial charge in [-0.05, 0) is 37.8 Å². The van der Waals surface area contributed by atoms with Gasteiger partial charge in [0.15, 0.2) is 11.7 Å². The molecule has 2 aliphatic heterocycles. The molecule has 3 heterocycles. The maximum Gasteiger partial charge on any atom is 0.220 e. The first-order valence-electron chi connectivity index (χ1n) is 8.92. The molecule has 1 aromatic heterocycles. The molecule has 8 heteroatoms. The Kier molecular flexibility index (Phi) is 7.65. The number of aromatic nitrogens is 1. The summed E-state index contributed by atoms with van der Waals surface area (Å²) in [6.45, 7) is 0. The van der Waals surface area contributed by atoms with Crippen LogP contribution in [-0.2, 0) is 11.2 Å². The molecular formula is C19H24Cl2FN3O2. The Morgan fingerprint density at radius 3 is 2.63 bits per heavy atom. The van der Waals surface area contributed by atoms with Crippen LogP contribution in [0.1, 0.15) is 38.0 Å². The van der Waals surface area contributed by atoms with E-state index < -0.39 is 0 Å². The summed E-state index contributed by atoms with van der Waals surface area (Å²) in [5, 5.41) is 6.70. The Balaban J connectivity index is 0.00000131. The summed E-state index contributed by atoms with van der Waals surface area (Å²) >= 11 is 0. The third kappa shape index (κ3) is 5.21. The van der Waals surface area contributed by atoms with E-state index in [4.69, 9.17) is 4.42 Å². The van der Waals surface area contributed by atoms with Crippen LogP contribution >= 0.6 is 24.8 Å². The summed E-state index contributed by atoms with van der Waals surface area (Å²) < 4.78 is 19.4. The van der Waals surface area contributed by atoms with Crippen molar-refractivity contribution in [1.82, 2.24) is 15.6 Å². The summed E-state index contributed by atoms with van der Waals surface area (Å²) in [6, 6.07) is 7.80. The van der Waals surface area contributed by atoms with Gasteiger partial charge >= 0.3 is 0 Å². The van der Waals surface area contributed by atoms with Gasteiger partial charge in [0.05, 0.1) is 11.8 Å². The van der Waals surface area contributed by atoms with Crippen molar-refractivity contribution in [3.05, 3.63) is 42.2 Å². The van der Waals surface area contributed by atoms with Gasteiger partial charge in [-0.3, -0.25) is 4.79 Å². The molecule has 2 unspecified atom stereocenters. The average molecular weight is 416 g/mol. The number of oxazole rings is 1. The molecule has 0 aliphatic carbocycles. The quantitative estimate of drug-likeness (QED) is 0.781. The number of amides is 1. The van der Waals surface area contributed by atoms with Crippen LogP contribution in [-0.4, -0.2) is 29.0 Å². The minimum absolute atomic E-state index is 0. The molecule has 2 bridgehead atoms. The second kappa shape index (κ2) is 9.53. The molecule has 4 rings (SSSR count). The van der Waals surface area contributed by atoms with Gasteiger partial charge in [-0.1, -0.05) is 12.1 Å². The minimum atomic E-state index is -0.344. The van der Waals surface area contributed by atoms with Crippen molar-refractivity contribution >= 4 is 30.7 Å². The molecular weight excluding hydrogens is 392 g/mol. The molecule has 0 spiro atoms. The van der Waals surface area contributed by atoms with E-state index in [-0.39, 0.29) is 42.6 Å². The standard InChI is InChI=1S/C19H22FN3O2.2ClH/c20-16-4-2-1-3-15(16)17-11-21-19(25-17)8-7-18(24)23-14-9-12-5-6-13(10-14)22-12;;/h1-4,11-14,22H,5-10H2,(H,23,24);2*1H. The van der Waals surface area contributed by atoms with Gasteiger partial charge in [0.25, 0.3) is 0 Å². The second-order valence-corrected chi connectivity index (χ2v) is 6.97. The van der Waals surface area contributed by atoms with Crippen LogP contribution in [0.5, 0.6) is 0 Å². The van der Waals surface area contributed by atoms with Gasteiger partial charge in [0, 0.05) is 31.0 Å². The van der Waals surface area contributed by atoms with Crippen molar-refractivity contribution in [3.8, 4) is 11.3 Å². The number of nitrogens with zero attached hydrogens (tertiary/aromatic N) is 1. The molecule has 2 atom stereocenters. The van der Waals surface area contributed by atoms with Gasteiger partial charge in [0.2, 0.25) is 5.91 Å². The van der Waals surface area contributed by atoms with Crippen LogP contribution in [0.3, 0.4) is 0 Å². The van der Waals surface area contributed by atoms with E-state index in [1.54, 1.807) is 18.2 Å². The number of fused-ring (bicyclic) bond motifs is 2. The van der Waals surface area contributed by atoms with Crippen LogP contribution in [0, 0.1) is 5.82 Å². The first-order chi connectivity index (χ1) is 12.2. The molecule has 2 N–H and O–H groups in total. The molecule has 2 aliphatic rings. The molecule has 148 valence electrons. The molecule has 0 saturated carbocycles. The highest BCUT2D eigenvalue weighted by Gasteiger charge is 2.33. The SMILES string of the molecule is Cl.Cl.O=C(CCc1ncc(-c2ccccc2F)o1)NC1CC2CCC(C1)N2. The highest BCUT2D eigenvalue weighted by Crippen LogP contribution is 2.27. The number of piperidine rings is 1. The lowest BCUT2D eigenvalue weighted by molar-refractivity contribution is -0.122. The minimum Gasteiger partial charge on any atom is -0.441 e. The van der Waals surface area contributed by atoms with Gasteiger partial charge in [-0.2, -0.15) is 0 Å². The fraction of sp³-hybridized carbons (Fsp3) is 0.474. The lowest BCUT2D eigenvalue weighted by Crippen LogP contribution is -2.48. The highest BCUT2D eigenvalue weighted by atomic mass is 35.5. The number of benzene rings is 1. The number of hydrogen-bond acceptors (Lipinski definition) is 4. The van der Waals surface area contributed by atoms with Crippen molar-refractivity contribution < 1.29 is 13.6 Å². The van der Waals surface area contributed by atoms with Crippen molar-refractivity contribution in [2.45, 2.75) is 56.7 Å². The van der Waals surface area contributed by atoms with Crippen LogP contribution in [0.2, 0.25) is 0 Å². The molecule has 1 amide bonds. The first-order valence-corrected chi connectivity index (χ1v) is 8.92. The Bertz CT molecular complexity index is 759. The average Bonchev–Trinajstić information content (AvgIpc) is 3.20. The van der Waals surface area contributed by atoms with Crippen molar-refractivity contribution in [3.63, 3.8) is 0 Å². The zero-order valence-corrected chi connectivity index (χ0v) is 16.5. The number of halogens is 3. The molecule has 2 fully saturated rings. The topological polar surface area (TPSA) is 67.2 Å². The van der Waals surface area contributed by atoms with Crippen molar-refractivity contribution in [2.24, 2.45) is 0 Å². The van der Waals surface area contributed by atoms with Crippen LogP contribution in [0.25, 0.3) is 11.3 Å². The predicted molar refractivity (Wildman–Crippen MR) is 106 cm³/mol. The smallest absolute Gasteiger partial charge is 0.220 e. The van der Waals surface area contributed by atoms with Gasteiger partial charge in [-0.25, -0.2) is 9.37 Å². The fourth-order valence-corrected chi connectivity index (χ4v) is 3.91. The van der Waals surface area contributed by atoms with Gasteiger partial charge < -0.3 is 15.1 Å². The molecule has 2 aromatic rings. The number of carbonyl (C=O) groups is 1. The zero-order valence-electron chi connectivity index (χ0n) is 14.8. The predicted octanol–water partition coefficient (Wildman–Crippen LogP) is 3.66. The van der Waals surface area contributed by atoms with Gasteiger partial charge in [-0.15, -0.1) is 24.8 Å². The molecule has 27 heavy (non-hydrogen) atoms. The molecule has 5 nitrogen and oxygen atoms in total. The maximum atomic E-state index is 13.8. The Morgan fingerprint density at radius 1 is 1.22 bits per heavy atom. The molecule has 0 radical (unpaired) electrons. The highest BCUT2D eigenvalue weighted by molar-refractivity contribution is 5.85. The zero-order chi connectivity index (χ0) is 17.2. The Morgan fingerprint density at radius 2 is 1.93 bits per heavy atom. The third-order valence-corrected chi connectivity index (χ3v) is 5.10. The Hall–Kier alpha value is -1.63. The van der Waals surface area contributed by atoms with E-state index in [1.165, 1.54) is 25.1 Å². The summed E-state index contributed by atoms with van der Waals surface area (Å²) in [6.07, 6.45) is 6.71. The van der Waals surface area contributed by atoms with Gasteiger partial charge in [0.1, 0.15) is 5.82 Å². The van der Waals surface area contributed by atoms with Crippen molar-refractivity contribution in [1.29, 1.82) is 0 Å². The van der Waals surface area contributed by atoms with E-state index in [0.717, 1.165) is 12.8 Å². The van der Waals surface area contributed by atoms with Crippen LogP contribution in [0.15, 0.2) is 34.9 Å². The van der Waals surface area contributed by atoms with Crippen molar-refractivity contribution in [2.75, 3.05) is 0 Å². The molecule has 1 aromatic carbocycles. The summed E-state index contributed by atoms with van der Waals surface area (Å²) in [7, 11) is 0. The van der Waals surface area contributed by atoms with Crippen LogP contribution in [0.4, 0.5) is 4.39 Å². The molecule has 2 saturated heterocycles. The number of nitrogens with one attached hydrogen (secondary N) is 2. The third-order valence-electron chi connectivity index (χ3n) is 5.10. The van der Waals surface area contributed by atoms with E-state index in [0.29, 0.717) is 42.1 Å². The number of carbonyl (C=O) groups excluding carboxylic acids is 1. The summed E-state index contributed by atoms with van der Waals surface area (Å²) in [5.41, 5.74) is 0.385. The van der Waals surface area contributed by atoms with E-state index in [9.17, 15) is 9.18 Å². The lowest BCUT2D eigenvalue weighted by Gasteiger charge is -2.29. The summed E-state index contributed by atoms with van der Waals surface area (Å²) in [4.78, 5) is 16.4. The maximum absolute atomic E-state index is 13.8. The number of hydrogen-bond donors (Lipinski definition) is 2. The monoisotopic (exact) mass is 415 g/mol. The largest absolute Gasteiger partial charge is 0.441 e. The fourth-order valence-electron chi connectivity index (χ4n) is 3.91. The first kappa shape index (κ1) is 21.7. The summed E-state index contributed by atoms with van der Waals surface area (Å²) in [5.74, 6) is 0.530. The van der Waals surface area contributed by atoms with E-state index >= 15 is 0 Å². The lowest BCUT2D eigenvalue weighted by atomic mass is 9.99. The Labute approximate surface area is 170 Å².